The Kier molecular flexibility index (Phi) is 8.42. The minimum atomic E-state index is -3.97. The van der Waals surface area contributed by atoms with Crippen LogP contribution in [0, 0.1) is 0 Å². The monoisotopic (exact) mass is 576 g/mol. The smallest absolute Gasteiger partial charge is 0.264 e. The Hall–Kier alpha value is -3.08. The van der Waals surface area contributed by atoms with Crippen LogP contribution in [0.4, 0.5) is 11.4 Å². The van der Waals surface area contributed by atoms with Crippen LogP contribution in [0.5, 0.6) is 5.75 Å². The minimum Gasteiger partial charge on any atom is -0.494 e. The molecule has 0 fully saturated rings. The predicted octanol–water partition coefficient (Wildman–Crippen LogP) is 5.22. The van der Waals surface area contributed by atoms with Crippen LogP contribution in [-0.4, -0.2) is 37.0 Å². The van der Waals surface area contributed by atoms with Gasteiger partial charge in [-0.25, -0.2) is 16.8 Å². The highest BCUT2D eigenvalue weighted by Gasteiger charge is 2.30. The maximum absolute atomic E-state index is 13.5. The zero-order valence-corrected chi connectivity index (χ0v) is 22.3. The third kappa shape index (κ3) is 5.44. The molecule has 7 nitrogen and oxygen atoms in total. The summed E-state index contributed by atoms with van der Waals surface area (Å²) in [5.74, 6) is 0.168. The highest BCUT2D eigenvalue weighted by molar-refractivity contribution is 9.10. The second-order valence-corrected chi connectivity index (χ2v) is 11.8. The van der Waals surface area contributed by atoms with E-state index >= 15 is 0 Å². The highest BCUT2D eigenvalue weighted by atomic mass is 79.9. The van der Waals surface area contributed by atoms with Crippen LogP contribution >= 0.6 is 15.9 Å². The number of benzene rings is 3. The molecule has 0 spiro atoms. The molecule has 0 N–H and O–H groups in total. The first-order valence-corrected chi connectivity index (χ1v) is 14.1. The molecule has 0 radical (unpaired) electrons. The van der Waals surface area contributed by atoms with E-state index in [1.807, 2.05) is 0 Å². The van der Waals surface area contributed by atoms with Gasteiger partial charge in [0, 0.05) is 10.5 Å². The SMILES string of the molecule is C=CCN(c1cc(OC)c(N(CC=C)S(=O)(=O)c2ccccc2)cc1Br)S(=O)(=O)c1ccccc1. The van der Waals surface area contributed by atoms with Gasteiger partial charge in [0.25, 0.3) is 20.0 Å². The minimum absolute atomic E-state index is 0.0169. The topological polar surface area (TPSA) is 84.0 Å². The quantitative estimate of drug-likeness (QED) is 0.292. The maximum atomic E-state index is 13.5. The molecule has 0 unspecified atom stereocenters. The first kappa shape index (κ1) is 26.5. The Bertz CT molecular complexity index is 1410. The van der Waals surface area contributed by atoms with E-state index in [2.05, 4.69) is 29.1 Å². The lowest BCUT2D eigenvalue weighted by Crippen LogP contribution is -2.33. The van der Waals surface area contributed by atoms with Gasteiger partial charge in [-0.15, -0.1) is 13.2 Å². The zero-order valence-electron chi connectivity index (χ0n) is 19.0. The van der Waals surface area contributed by atoms with Crippen LogP contribution in [0.2, 0.25) is 0 Å². The summed E-state index contributed by atoms with van der Waals surface area (Å²) in [5.41, 5.74) is 0.493. The van der Waals surface area contributed by atoms with Crippen molar-refractivity contribution in [1.29, 1.82) is 0 Å². The van der Waals surface area contributed by atoms with E-state index in [1.54, 1.807) is 36.4 Å². The average Bonchev–Trinajstić information content (AvgIpc) is 2.87. The average molecular weight is 578 g/mol. The normalized spacial score (nSPS) is 11.5. The molecular weight excluding hydrogens is 552 g/mol. The number of ether oxygens (including phenoxy) is 1. The third-order valence-electron chi connectivity index (χ3n) is 5.04. The lowest BCUT2D eigenvalue weighted by molar-refractivity contribution is 0.415. The molecule has 0 bridgehead atoms. The van der Waals surface area contributed by atoms with Crippen LogP contribution in [0.1, 0.15) is 0 Å². The largest absolute Gasteiger partial charge is 0.494 e. The summed E-state index contributed by atoms with van der Waals surface area (Å²) < 4.78 is 62.0. The third-order valence-corrected chi connectivity index (χ3v) is 9.26. The number of hydrogen-bond donors (Lipinski definition) is 0. The molecule has 3 aromatic carbocycles. The molecule has 0 aliphatic heterocycles. The molecule has 3 aromatic rings. The summed E-state index contributed by atoms with van der Waals surface area (Å²) >= 11 is 3.45. The van der Waals surface area contributed by atoms with E-state index in [4.69, 9.17) is 4.74 Å². The van der Waals surface area contributed by atoms with Crippen molar-refractivity contribution in [3.8, 4) is 5.75 Å². The second-order valence-electron chi connectivity index (χ2n) is 7.25. The van der Waals surface area contributed by atoms with Crippen LogP contribution < -0.4 is 13.3 Å². The molecular formula is C25H25BrN2O5S2. The summed E-state index contributed by atoms with van der Waals surface area (Å²) in [6, 6.07) is 19.0. The van der Waals surface area contributed by atoms with Crippen LogP contribution in [0.25, 0.3) is 0 Å². The van der Waals surface area contributed by atoms with Gasteiger partial charge in [0.15, 0.2) is 0 Å². The van der Waals surface area contributed by atoms with E-state index in [1.165, 1.54) is 60.0 Å². The summed E-state index contributed by atoms with van der Waals surface area (Å²) in [6.07, 6.45) is 2.93. The number of methoxy groups -OCH3 is 1. The van der Waals surface area contributed by atoms with Gasteiger partial charge in [-0.2, -0.15) is 0 Å². The second kappa shape index (κ2) is 11.1. The summed E-state index contributed by atoms with van der Waals surface area (Å²) in [7, 11) is -6.53. The van der Waals surface area contributed by atoms with Crippen molar-refractivity contribution in [1.82, 2.24) is 0 Å². The van der Waals surface area contributed by atoms with Crippen molar-refractivity contribution < 1.29 is 21.6 Å². The van der Waals surface area contributed by atoms with Gasteiger partial charge >= 0.3 is 0 Å². The number of sulfonamides is 2. The Morgan fingerprint density at radius 2 is 1.20 bits per heavy atom. The molecule has 35 heavy (non-hydrogen) atoms. The molecule has 0 aliphatic carbocycles. The van der Waals surface area contributed by atoms with E-state index in [9.17, 15) is 16.8 Å². The predicted molar refractivity (Wildman–Crippen MR) is 143 cm³/mol. The molecule has 0 saturated carbocycles. The molecule has 0 aliphatic rings. The lowest BCUT2D eigenvalue weighted by Gasteiger charge is -2.28. The van der Waals surface area contributed by atoms with Gasteiger partial charge in [-0.1, -0.05) is 48.6 Å². The summed E-state index contributed by atoms with van der Waals surface area (Å²) in [6.45, 7) is 7.33. The van der Waals surface area contributed by atoms with Crippen LogP contribution in [0.3, 0.4) is 0 Å². The van der Waals surface area contributed by atoms with Crippen molar-refractivity contribution in [2.75, 3.05) is 28.8 Å². The molecule has 184 valence electrons. The van der Waals surface area contributed by atoms with Crippen molar-refractivity contribution in [3.63, 3.8) is 0 Å². The van der Waals surface area contributed by atoms with E-state index in [0.717, 1.165) is 4.31 Å². The van der Waals surface area contributed by atoms with Crippen molar-refractivity contribution in [2.45, 2.75) is 9.79 Å². The molecule has 0 aromatic heterocycles. The van der Waals surface area contributed by atoms with Crippen molar-refractivity contribution >= 4 is 47.4 Å². The molecule has 3 rings (SSSR count). The molecule has 0 atom stereocenters. The first-order valence-electron chi connectivity index (χ1n) is 10.4. The lowest BCUT2D eigenvalue weighted by atomic mass is 10.2. The molecule has 0 saturated heterocycles. The molecule has 0 amide bonds. The Morgan fingerprint density at radius 3 is 1.60 bits per heavy atom. The van der Waals surface area contributed by atoms with E-state index in [0.29, 0.717) is 4.47 Å². The number of nitrogens with zero attached hydrogens (tertiary/aromatic N) is 2. The Morgan fingerprint density at radius 1 is 0.771 bits per heavy atom. The van der Waals surface area contributed by atoms with Gasteiger partial charge in [0.1, 0.15) is 5.75 Å². The fraction of sp³-hybridized carbons (Fsp3) is 0.120. The van der Waals surface area contributed by atoms with Crippen molar-refractivity contribution in [2.24, 2.45) is 0 Å². The van der Waals surface area contributed by atoms with Gasteiger partial charge in [-0.3, -0.25) is 8.61 Å². The van der Waals surface area contributed by atoms with Gasteiger partial charge in [0.05, 0.1) is 41.4 Å². The van der Waals surface area contributed by atoms with Gasteiger partial charge < -0.3 is 4.74 Å². The number of rotatable bonds is 11. The van der Waals surface area contributed by atoms with Gasteiger partial charge in [-0.05, 0) is 46.3 Å². The Balaban J connectivity index is 2.19. The maximum Gasteiger partial charge on any atom is 0.264 e. The first-order chi connectivity index (χ1) is 16.7. The zero-order chi connectivity index (χ0) is 25.6. The molecule has 10 heteroatoms. The highest BCUT2D eigenvalue weighted by Crippen LogP contribution is 2.42. The molecule has 0 heterocycles. The summed E-state index contributed by atoms with van der Waals surface area (Å²) in [4.78, 5) is 0.209. The van der Waals surface area contributed by atoms with E-state index < -0.39 is 20.0 Å². The number of hydrogen-bond acceptors (Lipinski definition) is 5. The summed E-state index contributed by atoms with van der Waals surface area (Å²) in [5, 5.41) is 0. The van der Waals surface area contributed by atoms with Crippen LogP contribution in [-0.2, 0) is 20.0 Å². The van der Waals surface area contributed by atoms with Crippen LogP contribution in [0.15, 0.2) is 112 Å². The number of halogens is 1. The Labute approximate surface area is 215 Å². The van der Waals surface area contributed by atoms with E-state index in [-0.39, 0.29) is 40.0 Å². The fourth-order valence-corrected chi connectivity index (χ4v) is 7.00. The standard InChI is InChI=1S/C25H25BrN2O5S2/c1-4-16-27(34(29,30)20-12-8-6-9-13-20)23-19-25(33-3)24(18-22(23)26)28(17-5-2)35(31,32)21-14-10-7-11-15-21/h4-15,18-19H,1-2,16-17H2,3H3. The van der Waals surface area contributed by atoms with Gasteiger partial charge in [0.2, 0.25) is 0 Å². The number of anilines is 2. The fourth-order valence-electron chi connectivity index (χ4n) is 3.41. The van der Waals surface area contributed by atoms with Crippen molar-refractivity contribution in [3.05, 3.63) is 103 Å².